The zero-order valence-corrected chi connectivity index (χ0v) is 18.1. The maximum Gasteiger partial charge on any atom is 0.330 e. The fourth-order valence-corrected chi connectivity index (χ4v) is 1.20. The van der Waals surface area contributed by atoms with E-state index >= 15 is 0 Å². The third kappa shape index (κ3) is 16.5. The van der Waals surface area contributed by atoms with E-state index in [2.05, 4.69) is 59.2 Å². The van der Waals surface area contributed by atoms with Crippen LogP contribution < -0.4 is 0 Å². The van der Waals surface area contributed by atoms with Crippen molar-refractivity contribution >= 4 is 24.0 Å². The summed E-state index contributed by atoms with van der Waals surface area (Å²) in [5.74, 6) is -2.81. The Morgan fingerprint density at radius 2 is 1.00 bits per heavy atom. The van der Waals surface area contributed by atoms with Gasteiger partial charge in [0, 0.05) is 16.7 Å². The molecule has 0 aliphatic carbocycles. The van der Waals surface area contributed by atoms with Crippen LogP contribution in [0.25, 0.3) is 6.08 Å². The molecule has 0 atom stereocenters. The van der Waals surface area contributed by atoms with E-state index in [1.165, 1.54) is 43.0 Å². The molecule has 0 heterocycles. The maximum atomic E-state index is 9.60. The molecular formula is C23H32O6. The standard InChI is InChI=1S/C11H14.3C4H6O2/c1-5-11-7-6-8(2)9(3)10(11)4;3*1-3(2)4(5)6/h5-7H,1H2,2-4H3;3*1H2,2H3,(H,5,6). The number of carboxylic acid groups (broad SMARTS) is 3. The van der Waals surface area contributed by atoms with Gasteiger partial charge in [0.05, 0.1) is 0 Å². The summed E-state index contributed by atoms with van der Waals surface area (Å²) in [4.78, 5) is 28.8. The van der Waals surface area contributed by atoms with Gasteiger partial charge in [0.15, 0.2) is 0 Å². The first-order chi connectivity index (χ1) is 13.1. The molecule has 0 bridgehead atoms. The lowest BCUT2D eigenvalue weighted by molar-refractivity contribution is -0.133. The van der Waals surface area contributed by atoms with E-state index in [0.29, 0.717) is 0 Å². The number of carboxylic acids is 3. The SMILES string of the molecule is C=C(C)C(=O)O.C=C(C)C(=O)O.C=C(C)C(=O)O.C=Cc1ccc(C)c(C)c1C. The van der Waals surface area contributed by atoms with Crippen molar-refractivity contribution in [3.05, 3.63) is 77.4 Å². The van der Waals surface area contributed by atoms with Crippen molar-refractivity contribution in [2.75, 3.05) is 0 Å². The molecule has 1 aromatic carbocycles. The lowest BCUT2D eigenvalue weighted by Gasteiger charge is -2.06. The molecule has 0 unspecified atom stereocenters. The van der Waals surface area contributed by atoms with Crippen molar-refractivity contribution in [1.29, 1.82) is 0 Å². The first-order valence-corrected chi connectivity index (χ1v) is 8.45. The van der Waals surface area contributed by atoms with Gasteiger partial charge in [0.1, 0.15) is 0 Å². The predicted molar refractivity (Wildman–Crippen MR) is 118 cm³/mol. The molecule has 0 aliphatic heterocycles. The summed E-state index contributed by atoms with van der Waals surface area (Å²) in [7, 11) is 0. The molecule has 1 rings (SSSR count). The van der Waals surface area contributed by atoms with Crippen LogP contribution in [0.1, 0.15) is 43.0 Å². The molecular weight excluding hydrogens is 372 g/mol. The van der Waals surface area contributed by atoms with Gasteiger partial charge < -0.3 is 15.3 Å². The minimum atomic E-state index is -0.935. The Labute approximate surface area is 173 Å². The smallest absolute Gasteiger partial charge is 0.330 e. The maximum absolute atomic E-state index is 9.60. The van der Waals surface area contributed by atoms with Crippen molar-refractivity contribution in [3.8, 4) is 0 Å². The summed E-state index contributed by atoms with van der Waals surface area (Å²) in [6.07, 6.45) is 1.90. The molecule has 0 amide bonds. The summed E-state index contributed by atoms with van der Waals surface area (Å²) in [6, 6.07) is 4.25. The molecule has 6 heteroatoms. The summed E-state index contributed by atoms with van der Waals surface area (Å²) in [6.45, 7) is 24.0. The number of carbonyl (C=O) groups is 3. The molecule has 0 saturated heterocycles. The second-order valence-electron chi connectivity index (χ2n) is 6.18. The Hall–Kier alpha value is -3.41. The van der Waals surface area contributed by atoms with Gasteiger partial charge in [-0.2, -0.15) is 0 Å². The van der Waals surface area contributed by atoms with Gasteiger partial charge in [-0.1, -0.05) is 44.5 Å². The lowest BCUT2D eigenvalue weighted by atomic mass is 9.99. The molecule has 0 saturated carbocycles. The average molecular weight is 405 g/mol. The number of aryl methyl sites for hydroxylation is 1. The molecule has 0 fully saturated rings. The van der Waals surface area contributed by atoms with Crippen molar-refractivity contribution in [2.24, 2.45) is 0 Å². The van der Waals surface area contributed by atoms with Crippen LogP contribution >= 0.6 is 0 Å². The molecule has 160 valence electrons. The quantitative estimate of drug-likeness (QED) is 0.595. The fraction of sp³-hybridized carbons (Fsp3) is 0.261. The van der Waals surface area contributed by atoms with E-state index in [1.807, 2.05) is 6.08 Å². The van der Waals surface area contributed by atoms with Crippen molar-refractivity contribution < 1.29 is 29.7 Å². The van der Waals surface area contributed by atoms with Gasteiger partial charge in [-0.15, -0.1) is 0 Å². The van der Waals surface area contributed by atoms with Gasteiger partial charge >= 0.3 is 17.9 Å². The Morgan fingerprint density at radius 3 is 1.21 bits per heavy atom. The minimum Gasteiger partial charge on any atom is -0.478 e. The number of benzene rings is 1. The van der Waals surface area contributed by atoms with Crippen LogP contribution in [-0.4, -0.2) is 33.2 Å². The van der Waals surface area contributed by atoms with Gasteiger partial charge in [-0.3, -0.25) is 0 Å². The van der Waals surface area contributed by atoms with Gasteiger partial charge in [0.25, 0.3) is 0 Å². The van der Waals surface area contributed by atoms with Crippen molar-refractivity contribution in [3.63, 3.8) is 0 Å². The molecule has 0 radical (unpaired) electrons. The predicted octanol–water partition coefficient (Wildman–Crippen LogP) is 5.20. The first-order valence-electron chi connectivity index (χ1n) is 8.45. The molecule has 3 N–H and O–H groups in total. The molecule has 0 aliphatic rings. The Kier molecular flexibility index (Phi) is 16.3. The highest BCUT2D eigenvalue weighted by Gasteiger charge is 1.99. The van der Waals surface area contributed by atoms with Crippen LogP contribution in [0.15, 0.2) is 55.2 Å². The zero-order valence-electron chi connectivity index (χ0n) is 18.1. The third-order valence-corrected chi connectivity index (χ3v) is 3.42. The van der Waals surface area contributed by atoms with Gasteiger partial charge in [-0.25, -0.2) is 14.4 Å². The molecule has 6 nitrogen and oxygen atoms in total. The first kappa shape index (κ1) is 30.3. The van der Waals surface area contributed by atoms with Gasteiger partial charge in [0.2, 0.25) is 0 Å². The summed E-state index contributed by atoms with van der Waals surface area (Å²) in [5, 5.41) is 23.7. The zero-order chi connectivity index (χ0) is 23.9. The van der Waals surface area contributed by atoms with Crippen LogP contribution in [0.3, 0.4) is 0 Å². The Balaban J connectivity index is -0.000000328. The molecule has 29 heavy (non-hydrogen) atoms. The highest BCUT2D eigenvalue weighted by Crippen LogP contribution is 2.17. The Bertz CT molecular complexity index is 692. The summed E-state index contributed by atoms with van der Waals surface area (Å²) < 4.78 is 0. The number of hydrogen-bond acceptors (Lipinski definition) is 3. The van der Waals surface area contributed by atoms with Crippen LogP contribution in [-0.2, 0) is 14.4 Å². The van der Waals surface area contributed by atoms with E-state index in [9.17, 15) is 14.4 Å². The van der Waals surface area contributed by atoms with Crippen molar-refractivity contribution in [2.45, 2.75) is 41.5 Å². The van der Waals surface area contributed by atoms with E-state index in [1.54, 1.807) is 0 Å². The van der Waals surface area contributed by atoms with E-state index in [4.69, 9.17) is 15.3 Å². The summed E-state index contributed by atoms with van der Waals surface area (Å²) in [5.41, 5.74) is 5.85. The minimum absolute atomic E-state index is 0.176. The van der Waals surface area contributed by atoms with Crippen molar-refractivity contribution in [1.82, 2.24) is 0 Å². The van der Waals surface area contributed by atoms with Gasteiger partial charge in [-0.05, 0) is 63.8 Å². The highest BCUT2D eigenvalue weighted by molar-refractivity contribution is 5.85. The van der Waals surface area contributed by atoms with E-state index < -0.39 is 17.9 Å². The number of aliphatic carboxylic acids is 3. The highest BCUT2D eigenvalue weighted by atomic mass is 16.4. The van der Waals surface area contributed by atoms with Crippen LogP contribution in [0, 0.1) is 20.8 Å². The monoisotopic (exact) mass is 404 g/mol. The third-order valence-electron chi connectivity index (χ3n) is 3.42. The number of hydrogen-bond donors (Lipinski definition) is 3. The number of rotatable bonds is 4. The lowest BCUT2D eigenvalue weighted by Crippen LogP contribution is -1.92. The molecule has 0 aromatic heterocycles. The van der Waals surface area contributed by atoms with E-state index in [-0.39, 0.29) is 16.7 Å². The second kappa shape index (κ2) is 15.6. The topological polar surface area (TPSA) is 112 Å². The Morgan fingerprint density at radius 1 is 0.724 bits per heavy atom. The normalized spacial score (nSPS) is 8.34. The van der Waals surface area contributed by atoms with Crippen LogP contribution in [0.5, 0.6) is 0 Å². The fourth-order valence-electron chi connectivity index (χ4n) is 1.20. The largest absolute Gasteiger partial charge is 0.478 e. The van der Waals surface area contributed by atoms with E-state index in [0.717, 1.165) is 0 Å². The molecule has 1 aromatic rings. The molecule has 0 spiro atoms. The van der Waals surface area contributed by atoms with Crippen LogP contribution in [0.4, 0.5) is 0 Å². The average Bonchev–Trinajstić information content (AvgIpc) is 2.61. The summed E-state index contributed by atoms with van der Waals surface area (Å²) >= 11 is 0. The second-order valence-corrected chi connectivity index (χ2v) is 6.18. The van der Waals surface area contributed by atoms with Crippen LogP contribution in [0.2, 0.25) is 0 Å².